The molecule has 0 saturated carbocycles. The van der Waals surface area contributed by atoms with Gasteiger partial charge in [-0.3, -0.25) is 0 Å². The van der Waals surface area contributed by atoms with E-state index in [1.807, 2.05) is 0 Å². The van der Waals surface area contributed by atoms with Crippen LogP contribution in [0, 0.1) is 0 Å². The highest BCUT2D eigenvalue weighted by Crippen LogP contribution is 2.07. The maximum atomic E-state index is 5.79. The molecule has 0 aliphatic rings. The largest absolute Gasteiger partial charge is 0.313 e. The number of hydrogen-bond acceptors (Lipinski definition) is 2. The summed E-state index contributed by atoms with van der Waals surface area (Å²) < 4.78 is 0. The van der Waals surface area contributed by atoms with Gasteiger partial charge in [0.05, 0.1) is 0 Å². The predicted molar refractivity (Wildman–Crippen MR) is 70.9 cm³/mol. The summed E-state index contributed by atoms with van der Waals surface area (Å²) in [4.78, 5) is 2.20. The summed E-state index contributed by atoms with van der Waals surface area (Å²) in [6.07, 6.45) is 1.18. The van der Waals surface area contributed by atoms with Gasteiger partial charge in [0.15, 0.2) is 0 Å². The minimum Gasteiger partial charge on any atom is -0.313 e. The van der Waals surface area contributed by atoms with Crippen molar-refractivity contribution in [1.82, 2.24) is 10.2 Å². The minimum atomic E-state index is 0.592. The molecule has 0 aliphatic heterocycles. The van der Waals surface area contributed by atoms with E-state index in [9.17, 15) is 0 Å². The minimum absolute atomic E-state index is 0.592. The zero-order valence-electron chi connectivity index (χ0n) is 10.2. The first kappa shape index (κ1) is 13.5. The molecule has 90 valence electrons. The molecule has 1 N–H and O–H groups in total. The molecule has 0 fully saturated rings. The Morgan fingerprint density at radius 2 is 2.00 bits per heavy atom. The van der Waals surface area contributed by atoms with E-state index in [0.717, 1.165) is 19.6 Å². The van der Waals surface area contributed by atoms with E-state index in [0.29, 0.717) is 5.88 Å². The van der Waals surface area contributed by atoms with Crippen molar-refractivity contribution in [3.05, 3.63) is 35.4 Å². The van der Waals surface area contributed by atoms with Crippen LogP contribution in [0.25, 0.3) is 0 Å². The monoisotopic (exact) mass is 240 g/mol. The quantitative estimate of drug-likeness (QED) is 0.582. The Morgan fingerprint density at radius 1 is 1.25 bits per heavy atom. The summed E-state index contributed by atoms with van der Waals surface area (Å²) in [5.74, 6) is 0.592. The zero-order chi connectivity index (χ0) is 11.8. The van der Waals surface area contributed by atoms with Crippen molar-refractivity contribution in [2.24, 2.45) is 0 Å². The Labute approximate surface area is 104 Å². The highest BCUT2D eigenvalue weighted by Gasteiger charge is 1.95. The molecule has 0 aliphatic carbocycles. The number of nitrogens with zero attached hydrogens (tertiary/aromatic N) is 1. The van der Waals surface area contributed by atoms with E-state index in [1.54, 1.807) is 0 Å². The molecule has 16 heavy (non-hydrogen) atoms. The van der Waals surface area contributed by atoms with Gasteiger partial charge in [-0.05, 0) is 44.7 Å². The highest BCUT2D eigenvalue weighted by atomic mass is 35.5. The van der Waals surface area contributed by atoms with E-state index in [-0.39, 0.29) is 0 Å². The Balaban J connectivity index is 2.21. The molecule has 0 heterocycles. The van der Waals surface area contributed by atoms with E-state index in [4.69, 9.17) is 11.6 Å². The van der Waals surface area contributed by atoms with Gasteiger partial charge in [-0.25, -0.2) is 0 Å². The fourth-order valence-corrected chi connectivity index (χ4v) is 1.74. The lowest BCUT2D eigenvalue weighted by Crippen LogP contribution is -2.21. The van der Waals surface area contributed by atoms with Gasteiger partial charge in [-0.2, -0.15) is 0 Å². The molecule has 0 aromatic heterocycles. The van der Waals surface area contributed by atoms with E-state index in [1.165, 1.54) is 17.5 Å². The third-order valence-electron chi connectivity index (χ3n) is 2.43. The van der Waals surface area contributed by atoms with Crippen LogP contribution in [0.4, 0.5) is 0 Å². The number of benzene rings is 1. The zero-order valence-corrected chi connectivity index (χ0v) is 10.9. The topological polar surface area (TPSA) is 15.3 Å². The van der Waals surface area contributed by atoms with Gasteiger partial charge >= 0.3 is 0 Å². The summed E-state index contributed by atoms with van der Waals surface area (Å²) >= 11 is 5.79. The third kappa shape index (κ3) is 5.50. The Bertz CT molecular complexity index is 300. The Kier molecular flexibility index (Phi) is 6.46. The molecule has 3 heteroatoms. The average molecular weight is 241 g/mol. The van der Waals surface area contributed by atoms with Gasteiger partial charge in [0, 0.05) is 12.4 Å². The standard InChI is InChI=1S/C13H21ClN2/c1-16(2)8-4-7-15-11-13-6-3-5-12(9-13)10-14/h3,5-6,9,15H,4,7-8,10-11H2,1-2H3. The van der Waals surface area contributed by atoms with Crippen LogP contribution in [0.3, 0.4) is 0 Å². The molecule has 0 atom stereocenters. The molecule has 0 spiro atoms. The van der Waals surface area contributed by atoms with Crippen molar-refractivity contribution in [3.63, 3.8) is 0 Å². The van der Waals surface area contributed by atoms with Crippen LogP contribution in [-0.2, 0) is 12.4 Å². The fourth-order valence-electron chi connectivity index (χ4n) is 1.58. The fraction of sp³-hybridized carbons (Fsp3) is 0.538. The molecule has 1 rings (SSSR count). The number of rotatable bonds is 7. The molecule has 2 nitrogen and oxygen atoms in total. The van der Waals surface area contributed by atoms with Crippen molar-refractivity contribution < 1.29 is 0 Å². The van der Waals surface area contributed by atoms with Gasteiger partial charge in [-0.1, -0.05) is 24.3 Å². The molecule has 0 radical (unpaired) electrons. The molecule has 0 amide bonds. The maximum absolute atomic E-state index is 5.79. The SMILES string of the molecule is CN(C)CCCNCc1cccc(CCl)c1. The first-order valence-electron chi connectivity index (χ1n) is 5.71. The lowest BCUT2D eigenvalue weighted by atomic mass is 10.1. The average Bonchev–Trinajstić information content (AvgIpc) is 2.28. The molecular weight excluding hydrogens is 220 g/mol. The first-order chi connectivity index (χ1) is 7.72. The van der Waals surface area contributed by atoms with Crippen LogP contribution >= 0.6 is 11.6 Å². The van der Waals surface area contributed by atoms with E-state index >= 15 is 0 Å². The van der Waals surface area contributed by atoms with Crippen LogP contribution in [0.2, 0.25) is 0 Å². The molecule has 1 aromatic rings. The Morgan fingerprint density at radius 3 is 2.69 bits per heavy atom. The van der Waals surface area contributed by atoms with Gasteiger partial charge in [-0.15, -0.1) is 11.6 Å². The van der Waals surface area contributed by atoms with Crippen LogP contribution < -0.4 is 5.32 Å². The summed E-state index contributed by atoms with van der Waals surface area (Å²) in [5.41, 5.74) is 2.50. The number of nitrogens with one attached hydrogen (secondary N) is 1. The molecule has 0 bridgehead atoms. The molecular formula is C13H21ClN2. The molecule has 0 saturated heterocycles. The van der Waals surface area contributed by atoms with Crippen molar-refractivity contribution in [3.8, 4) is 0 Å². The molecule has 1 aromatic carbocycles. The number of hydrogen-bond donors (Lipinski definition) is 1. The second-order valence-corrected chi connectivity index (χ2v) is 4.55. The van der Waals surface area contributed by atoms with E-state index < -0.39 is 0 Å². The first-order valence-corrected chi connectivity index (χ1v) is 6.25. The van der Waals surface area contributed by atoms with Crippen LogP contribution in [-0.4, -0.2) is 32.1 Å². The van der Waals surface area contributed by atoms with Crippen molar-refractivity contribution in [1.29, 1.82) is 0 Å². The van der Waals surface area contributed by atoms with Crippen molar-refractivity contribution in [2.45, 2.75) is 18.8 Å². The lowest BCUT2D eigenvalue weighted by Gasteiger charge is -2.10. The van der Waals surface area contributed by atoms with Gasteiger partial charge in [0.25, 0.3) is 0 Å². The second kappa shape index (κ2) is 7.66. The normalized spacial score (nSPS) is 11.0. The third-order valence-corrected chi connectivity index (χ3v) is 2.74. The van der Waals surface area contributed by atoms with Gasteiger partial charge in [0.1, 0.15) is 0 Å². The predicted octanol–water partition coefficient (Wildman–Crippen LogP) is 2.47. The molecule has 0 unspecified atom stereocenters. The number of halogens is 1. The summed E-state index contributed by atoms with van der Waals surface area (Å²) in [6.45, 7) is 3.12. The number of alkyl halides is 1. The van der Waals surface area contributed by atoms with Crippen LogP contribution in [0.5, 0.6) is 0 Å². The van der Waals surface area contributed by atoms with Crippen molar-refractivity contribution >= 4 is 11.6 Å². The lowest BCUT2D eigenvalue weighted by molar-refractivity contribution is 0.394. The second-order valence-electron chi connectivity index (χ2n) is 4.29. The van der Waals surface area contributed by atoms with Crippen LogP contribution in [0.15, 0.2) is 24.3 Å². The summed E-state index contributed by atoms with van der Waals surface area (Å²) in [7, 11) is 4.20. The summed E-state index contributed by atoms with van der Waals surface area (Å²) in [5, 5.41) is 3.44. The van der Waals surface area contributed by atoms with Crippen LogP contribution in [0.1, 0.15) is 17.5 Å². The summed E-state index contributed by atoms with van der Waals surface area (Å²) in [6, 6.07) is 8.41. The maximum Gasteiger partial charge on any atom is 0.0474 e. The highest BCUT2D eigenvalue weighted by molar-refractivity contribution is 6.17. The Hall–Kier alpha value is -0.570. The van der Waals surface area contributed by atoms with E-state index in [2.05, 4.69) is 48.6 Å². The smallest absolute Gasteiger partial charge is 0.0474 e. The van der Waals surface area contributed by atoms with Crippen molar-refractivity contribution in [2.75, 3.05) is 27.2 Å². The van der Waals surface area contributed by atoms with Gasteiger partial charge < -0.3 is 10.2 Å². The van der Waals surface area contributed by atoms with Gasteiger partial charge in [0.2, 0.25) is 0 Å².